The minimum Gasteiger partial charge on any atom is -0.473 e. The predicted molar refractivity (Wildman–Crippen MR) is 142 cm³/mol. The van der Waals surface area contributed by atoms with Gasteiger partial charge >= 0.3 is 6.09 Å². The summed E-state index contributed by atoms with van der Waals surface area (Å²) in [5.74, 6) is -0.464. The highest BCUT2D eigenvalue weighted by Gasteiger charge is 2.34. The topological polar surface area (TPSA) is 106 Å². The van der Waals surface area contributed by atoms with E-state index in [1.165, 1.54) is 0 Å². The molecular weight excluding hydrogens is 470 g/mol. The third kappa shape index (κ3) is 9.37. The maximum atomic E-state index is 13.2. The van der Waals surface area contributed by atoms with Crippen molar-refractivity contribution in [3.63, 3.8) is 0 Å². The third-order valence-corrected chi connectivity index (χ3v) is 6.10. The number of carbonyl (C=O) groups excluding carboxylic acids is 3. The van der Waals surface area contributed by atoms with Gasteiger partial charge in [-0.15, -0.1) is 0 Å². The summed E-state index contributed by atoms with van der Waals surface area (Å²) in [6.45, 7) is 7.19. The van der Waals surface area contributed by atoms with E-state index in [2.05, 4.69) is 15.6 Å². The number of carbonyl (C=O) groups is 3. The van der Waals surface area contributed by atoms with Crippen LogP contribution in [0.25, 0.3) is 0 Å². The first-order valence-corrected chi connectivity index (χ1v) is 12.8. The van der Waals surface area contributed by atoms with Crippen LogP contribution in [-0.2, 0) is 25.7 Å². The quantitative estimate of drug-likeness (QED) is 0.418. The summed E-state index contributed by atoms with van der Waals surface area (Å²) >= 11 is 0. The van der Waals surface area contributed by atoms with E-state index < -0.39 is 17.6 Å². The van der Waals surface area contributed by atoms with Gasteiger partial charge < -0.3 is 20.1 Å². The van der Waals surface area contributed by atoms with Crippen molar-refractivity contribution in [3.05, 3.63) is 71.8 Å². The van der Waals surface area contributed by atoms with Crippen molar-refractivity contribution >= 4 is 23.7 Å². The van der Waals surface area contributed by atoms with Crippen LogP contribution in [-0.4, -0.2) is 48.9 Å². The van der Waals surface area contributed by atoms with Gasteiger partial charge in [0.2, 0.25) is 11.7 Å². The Morgan fingerprint density at radius 1 is 0.973 bits per heavy atom. The number of rotatable bonds is 13. The van der Waals surface area contributed by atoms with E-state index in [-0.39, 0.29) is 30.1 Å². The molecule has 8 nitrogen and oxygen atoms in total. The van der Waals surface area contributed by atoms with E-state index in [9.17, 15) is 14.4 Å². The van der Waals surface area contributed by atoms with E-state index in [1.54, 1.807) is 0 Å². The van der Waals surface area contributed by atoms with Crippen LogP contribution in [0.4, 0.5) is 4.79 Å². The molecule has 2 atom stereocenters. The van der Waals surface area contributed by atoms with Gasteiger partial charge in [-0.3, -0.25) is 9.59 Å². The van der Waals surface area contributed by atoms with Gasteiger partial charge in [-0.05, 0) is 43.7 Å². The molecule has 0 saturated heterocycles. The second kappa shape index (κ2) is 13.6. The molecule has 0 radical (unpaired) electrons. The molecule has 0 saturated carbocycles. The Morgan fingerprint density at radius 3 is 2.27 bits per heavy atom. The lowest BCUT2D eigenvalue weighted by atomic mass is 9.91. The third-order valence-electron chi connectivity index (χ3n) is 6.10. The highest BCUT2D eigenvalue weighted by molar-refractivity contribution is 6.38. The number of ether oxygens (including phenoxy) is 2. The molecule has 8 heteroatoms. The minimum atomic E-state index is -0.476. The molecule has 2 amide bonds. The summed E-state index contributed by atoms with van der Waals surface area (Å²) in [5.41, 5.74) is 1.38. The molecule has 198 valence electrons. The minimum absolute atomic E-state index is 0.0736. The predicted octanol–water partition coefficient (Wildman–Crippen LogP) is 4.40. The Kier molecular flexibility index (Phi) is 10.2. The summed E-state index contributed by atoms with van der Waals surface area (Å²) in [6, 6.07) is 19.0. The van der Waals surface area contributed by atoms with Crippen molar-refractivity contribution < 1.29 is 23.9 Å². The van der Waals surface area contributed by atoms with Crippen LogP contribution >= 0.6 is 0 Å². The second-order valence-corrected chi connectivity index (χ2v) is 10.1. The Balaban J connectivity index is 1.39. The average molecular weight is 508 g/mol. The standard InChI is InChI=1S/C29H37N3O5/c1-21(14-16-31-28(35)36-19-22-10-6-4-7-11-22)18-25(33)30-17-15-24(23-12-8-5-9-13-23)26(34)27-32-29(2,3)20-37-27/h4-13,21,24H,14-20H2,1-3H3,(H,30,33)(H,31,35). The van der Waals surface area contributed by atoms with Crippen molar-refractivity contribution in [2.45, 2.75) is 58.1 Å². The van der Waals surface area contributed by atoms with Crippen LogP contribution in [0.1, 0.15) is 57.1 Å². The number of hydrogen-bond acceptors (Lipinski definition) is 6. The lowest BCUT2D eigenvalue weighted by Gasteiger charge is -2.17. The van der Waals surface area contributed by atoms with Crippen molar-refractivity contribution in [1.82, 2.24) is 10.6 Å². The summed E-state index contributed by atoms with van der Waals surface area (Å²) < 4.78 is 10.8. The molecule has 3 rings (SSSR count). The van der Waals surface area contributed by atoms with Crippen LogP contribution in [0.3, 0.4) is 0 Å². The lowest BCUT2D eigenvalue weighted by Crippen LogP contribution is -2.31. The zero-order chi connectivity index (χ0) is 26.7. The number of amides is 2. The lowest BCUT2D eigenvalue weighted by molar-refractivity contribution is -0.122. The van der Waals surface area contributed by atoms with Gasteiger partial charge in [0.15, 0.2) is 0 Å². The highest BCUT2D eigenvalue weighted by atomic mass is 16.5. The fourth-order valence-corrected chi connectivity index (χ4v) is 4.04. The first-order chi connectivity index (χ1) is 17.7. The summed E-state index contributed by atoms with van der Waals surface area (Å²) in [6.07, 6.45) is 0.942. The molecule has 0 bridgehead atoms. The Bertz CT molecular complexity index is 1070. The molecule has 2 N–H and O–H groups in total. The van der Waals surface area contributed by atoms with E-state index in [4.69, 9.17) is 9.47 Å². The van der Waals surface area contributed by atoms with E-state index in [1.807, 2.05) is 81.4 Å². The van der Waals surface area contributed by atoms with Crippen molar-refractivity contribution in [2.24, 2.45) is 10.9 Å². The highest BCUT2D eigenvalue weighted by Crippen LogP contribution is 2.25. The van der Waals surface area contributed by atoms with Gasteiger partial charge in [0.25, 0.3) is 5.90 Å². The van der Waals surface area contributed by atoms with E-state index >= 15 is 0 Å². The SMILES string of the molecule is CC(CCNC(=O)OCc1ccccc1)CC(=O)NCCC(C(=O)C1=NC(C)(C)CO1)c1ccccc1. The smallest absolute Gasteiger partial charge is 0.407 e. The van der Waals surface area contributed by atoms with Gasteiger partial charge in [-0.25, -0.2) is 9.79 Å². The fraction of sp³-hybridized carbons (Fsp3) is 0.448. The maximum Gasteiger partial charge on any atom is 0.407 e. The first-order valence-electron chi connectivity index (χ1n) is 12.8. The van der Waals surface area contributed by atoms with Gasteiger partial charge in [-0.1, -0.05) is 67.6 Å². The Labute approximate surface area is 218 Å². The molecule has 1 aliphatic heterocycles. The zero-order valence-electron chi connectivity index (χ0n) is 21.9. The fourth-order valence-electron chi connectivity index (χ4n) is 4.04. The number of nitrogens with one attached hydrogen (secondary N) is 2. The monoisotopic (exact) mass is 507 g/mol. The molecule has 2 aromatic carbocycles. The molecule has 0 fully saturated rings. The van der Waals surface area contributed by atoms with Gasteiger partial charge in [0.1, 0.15) is 13.2 Å². The second-order valence-electron chi connectivity index (χ2n) is 10.1. The number of benzene rings is 2. The molecule has 0 aliphatic carbocycles. The Hall–Kier alpha value is -3.68. The van der Waals surface area contributed by atoms with Crippen molar-refractivity contribution in [2.75, 3.05) is 19.7 Å². The first kappa shape index (κ1) is 27.9. The van der Waals surface area contributed by atoms with Crippen molar-refractivity contribution in [3.8, 4) is 0 Å². The molecule has 0 aromatic heterocycles. The van der Waals surface area contributed by atoms with Crippen LogP contribution in [0.5, 0.6) is 0 Å². The molecule has 2 aromatic rings. The van der Waals surface area contributed by atoms with Crippen LogP contribution in [0, 0.1) is 5.92 Å². The van der Waals surface area contributed by atoms with Crippen LogP contribution in [0.15, 0.2) is 65.7 Å². The summed E-state index contributed by atoms with van der Waals surface area (Å²) in [7, 11) is 0. The van der Waals surface area contributed by atoms with Crippen molar-refractivity contribution in [1.29, 1.82) is 0 Å². The summed E-state index contributed by atoms with van der Waals surface area (Å²) in [5, 5.41) is 5.65. The van der Waals surface area contributed by atoms with Crippen LogP contribution in [0.2, 0.25) is 0 Å². The Morgan fingerprint density at radius 2 is 1.62 bits per heavy atom. The van der Waals surface area contributed by atoms with E-state index in [0.29, 0.717) is 39.0 Å². The number of hydrogen-bond donors (Lipinski definition) is 2. The average Bonchev–Trinajstić information content (AvgIpc) is 3.25. The summed E-state index contributed by atoms with van der Waals surface area (Å²) in [4.78, 5) is 42.0. The molecule has 1 aliphatic rings. The number of nitrogens with zero attached hydrogens (tertiary/aromatic N) is 1. The number of ketones is 1. The van der Waals surface area contributed by atoms with Gasteiger partial charge in [0, 0.05) is 19.5 Å². The largest absolute Gasteiger partial charge is 0.473 e. The molecule has 0 spiro atoms. The molecule has 37 heavy (non-hydrogen) atoms. The molecule has 2 unspecified atom stereocenters. The maximum absolute atomic E-state index is 13.2. The van der Waals surface area contributed by atoms with Gasteiger partial charge in [-0.2, -0.15) is 0 Å². The van der Waals surface area contributed by atoms with Gasteiger partial charge in [0.05, 0.1) is 11.5 Å². The number of alkyl carbamates (subject to hydrolysis) is 1. The molecular formula is C29H37N3O5. The zero-order valence-corrected chi connectivity index (χ0v) is 21.9. The molecule has 1 heterocycles. The normalized spacial score (nSPS) is 15.6. The number of aliphatic imine (C=N–C) groups is 1. The van der Waals surface area contributed by atoms with E-state index in [0.717, 1.165) is 11.1 Å². The number of Topliss-reactive ketones (excluding diaryl/α,β-unsaturated/α-hetero) is 1. The van der Waals surface area contributed by atoms with Crippen LogP contribution < -0.4 is 10.6 Å².